The second-order valence-corrected chi connectivity index (χ2v) is 6.10. The third kappa shape index (κ3) is 3.79. The fraction of sp³-hybridized carbons (Fsp3) is 0.412. The van der Waals surface area contributed by atoms with Crippen LogP contribution in [0.3, 0.4) is 0 Å². The Balaban J connectivity index is 1.65. The zero-order valence-electron chi connectivity index (χ0n) is 14.0. The Bertz CT molecular complexity index is 690. The van der Waals surface area contributed by atoms with Gasteiger partial charge < -0.3 is 15.1 Å². The molecule has 0 radical (unpaired) electrons. The van der Waals surface area contributed by atoms with E-state index in [4.69, 9.17) is 0 Å². The highest BCUT2D eigenvalue weighted by Crippen LogP contribution is 2.16. The maximum absolute atomic E-state index is 12.5. The summed E-state index contributed by atoms with van der Waals surface area (Å²) >= 11 is 0. The first-order valence-corrected chi connectivity index (χ1v) is 8.09. The van der Waals surface area contributed by atoms with Crippen molar-refractivity contribution < 1.29 is 4.79 Å². The molecule has 7 heteroatoms. The minimum atomic E-state index is -0.0682. The molecule has 0 spiro atoms. The molecule has 24 heavy (non-hydrogen) atoms. The first-order valence-electron chi connectivity index (χ1n) is 8.09. The molecule has 1 N–H and O–H groups in total. The monoisotopic (exact) mass is 326 g/mol. The van der Waals surface area contributed by atoms with Crippen LogP contribution in [0.1, 0.15) is 23.2 Å². The topological polar surface area (TPSA) is 74.2 Å². The first kappa shape index (κ1) is 16.2. The maximum atomic E-state index is 12.5. The number of rotatable bonds is 4. The van der Waals surface area contributed by atoms with Crippen LogP contribution in [0.4, 0.5) is 11.8 Å². The van der Waals surface area contributed by atoms with Crippen molar-refractivity contribution in [1.29, 1.82) is 0 Å². The lowest BCUT2D eigenvalue weighted by Gasteiger charge is -2.33. The zero-order valence-corrected chi connectivity index (χ0v) is 14.0. The average Bonchev–Trinajstić information content (AvgIpc) is 2.63. The molecule has 1 fully saturated rings. The summed E-state index contributed by atoms with van der Waals surface area (Å²) < 4.78 is 0. The Hall–Kier alpha value is -2.70. The number of nitrogens with one attached hydrogen (secondary N) is 1. The summed E-state index contributed by atoms with van der Waals surface area (Å²) in [4.78, 5) is 29.3. The molecule has 1 amide bonds. The molecule has 3 rings (SSSR count). The minimum Gasteiger partial charge on any atom is -0.363 e. The predicted octanol–water partition coefficient (Wildman–Crippen LogP) is 1.34. The van der Waals surface area contributed by atoms with E-state index < -0.39 is 0 Å². The Morgan fingerprint density at radius 1 is 1.25 bits per heavy atom. The maximum Gasteiger partial charge on any atom is 0.251 e. The van der Waals surface area contributed by atoms with Gasteiger partial charge in [-0.25, -0.2) is 15.0 Å². The Morgan fingerprint density at radius 2 is 2.04 bits per heavy atom. The third-order valence-corrected chi connectivity index (χ3v) is 4.06. The van der Waals surface area contributed by atoms with Crippen LogP contribution in [0.15, 0.2) is 36.8 Å². The molecule has 0 aromatic carbocycles. The van der Waals surface area contributed by atoms with E-state index in [2.05, 4.69) is 25.2 Å². The lowest BCUT2D eigenvalue weighted by atomic mass is 10.1. The molecule has 1 aliphatic heterocycles. The van der Waals surface area contributed by atoms with Gasteiger partial charge in [0.25, 0.3) is 5.91 Å². The molecule has 0 saturated carbocycles. The van der Waals surface area contributed by atoms with Crippen LogP contribution < -0.4 is 15.1 Å². The highest BCUT2D eigenvalue weighted by atomic mass is 16.1. The van der Waals surface area contributed by atoms with E-state index in [1.807, 2.05) is 19.0 Å². The molecule has 7 nitrogen and oxygen atoms in total. The van der Waals surface area contributed by atoms with Gasteiger partial charge in [0, 0.05) is 57.4 Å². The number of carbonyl (C=O) groups is 1. The molecular weight excluding hydrogens is 304 g/mol. The lowest BCUT2D eigenvalue weighted by Crippen LogP contribution is -2.48. The quantitative estimate of drug-likeness (QED) is 0.914. The Labute approximate surface area is 141 Å². The molecule has 0 unspecified atom stereocenters. The van der Waals surface area contributed by atoms with Crippen molar-refractivity contribution in [1.82, 2.24) is 20.3 Å². The molecule has 1 atom stereocenters. The molecule has 1 saturated heterocycles. The van der Waals surface area contributed by atoms with Crippen molar-refractivity contribution in [3.8, 4) is 0 Å². The molecule has 0 aliphatic carbocycles. The van der Waals surface area contributed by atoms with Gasteiger partial charge in [0.2, 0.25) is 5.95 Å². The van der Waals surface area contributed by atoms with Gasteiger partial charge in [-0.3, -0.25) is 4.79 Å². The van der Waals surface area contributed by atoms with Gasteiger partial charge in [0.15, 0.2) is 0 Å². The number of pyridine rings is 1. The van der Waals surface area contributed by atoms with Gasteiger partial charge in [-0.1, -0.05) is 0 Å². The van der Waals surface area contributed by atoms with Crippen LogP contribution >= 0.6 is 0 Å². The minimum absolute atomic E-state index is 0.0682. The zero-order chi connectivity index (χ0) is 16.9. The van der Waals surface area contributed by atoms with Crippen LogP contribution in [-0.4, -0.2) is 54.1 Å². The van der Waals surface area contributed by atoms with E-state index in [1.54, 1.807) is 36.8 Å². The van der Waals surface area contributed by atoms with Gasteiger partial charge in [0.1, 0.15) is 5.82 Å². The largest absolute Gasteiger partial charge is 0.363 e. The summed E-state index contributed by atoms with van der Waals surface area (Å²) in [6, 6.07) is 5.43. The summed E-state index contributed by atoms with van der Waals surface area (Å²) in [5, 5.41) is 3.12. The molecule has 2 aromatic heterocycles. The number of carbonyl (C=O) groups excluding carboxylic acids is 1. The molecule has 2 aromatic rings. The average molecular weight is 326 g/mol. The van der Waals surface area contributed by atoms with E-state index in [-0.39, 0.29) is 11.9 Å². The van der Waals surface area contributed by atoms with Gasteiger partial charge in [0.05, 0.1) is 0 Å². The summed E-state index contributed by atoms with van der Waals surface area (Å²) in [6.07, 6.45) is 7.10. The van der Waals surface area contributed by atoms with Crippen molar-refractivity contribution >= 4 is 17.7 Å². The number of amides is 1. The fourth-order valence-corrected chi connectivity index (χ4v) is 2.80. The van der Waals surface area contributed by atoms with Crippen LogP contribution in [0.5, 0.6) is 0 Å². The molecular formula is C17H22N6O. The van der Waals surface area contributed by atoms with Crippen molar-refractivity contribution in [2.45, 2.75) is 18.9 Å². The summed E-state index contributed by atoms with van der Waals surface area (Å²) in [7, 11) is 3.81. The van der Waals surface area contributed by atoms with Crippen LogP contribution in [0.2, 0.25) is 0 Å². The van der Waals surface area contributed by atoms with Crippen molar-refractivity contribution in [2.24, 2.45) is 0 Å². The van der Waals surface area contributed by atoms with Crippen LogP contribution in [0.25, 0.3) is 0 Å². The molecule has 126 valence electrons. The van der Waals surface area contributed by atoms with Gasteiger partial charge in [-0.05, 0) is 31.0 Å². The molecule has 1 aliphatic rings. The van der Waals surface area contributed by atoms with Crippen molar-refractivity contribution in [3.63, 3.8) is 0 Å². The number of aromatic nitrogens is 3. The Kier molecular flexibility index (Phi) is 4.88. The number of piperidine rings is 1. The van der Waals surface area contributed by atoms with Crippen molar-refractivity contribution in [3.05, 3.63) is 42.4 Å². The molecule has 3 heterocycles. The van der Waals surface area contributed by atoms with Crippen LogP contribution in [-0.2, 0) is 0 Å². The third-order valence-electron chi connectivity index (χ3n) is 4.06. The number of anilines is 2. The van der Waals surface area contributed by atoms with E-state index in [9.17, 15) is 4.79 Å². The van der Waals surface area contributed by atoms with E-state index in [0.717, 1.165) is 37.7 Å². The fourth-order valence-electron chi connectivity index (χ4n) is 2.80. The highest BCUT2D eigenvalue weighted by Gasteiger charge is 2.23. The number of hydrogen-bond donors (Lipinski definition) is 1. The van der Waals surface area contributed by atoms with Gasteiger partial charge >= 0.3 is 0 Å². The van der Waals surface area contributed by atoms with Crippen LogP contribution in [0, 0.1) is 0 Å². The van der Waals surface area contributed by atoms with E-state index in [1.165, 1.54) is 0 Å². The number of nitrogens with zero attached hydrogens (tertiary/aromatic N) is 5. The first-order chi connectivity index (χ1) is 11.6. The molecule has 0 bridgehead atoms. The second kappa shape index (κ2) is 7.25. The summed E-state index contributed by atoms with van der Waals surface area (Å²) in [5.41, 5.74) is 0.627. The highest BCUT2D eigenvalue weighted by molar-refractivity contribution is 5.95. The van der Waals surface area contributed by atoms with Gasteiger partial charge in [-0.15, -0.1) is 0 Å². The summed E-state index contributed by atoms with van der Waals surface area (Å²) in [5.74, 6) is 1.42. The smallest absolute Gasteiger partial charge is 0.251 e. The Morgan fingerprint density at radius 3 is 2.79 bits per heavy atom. The normalized spacial score (nSPS) is 17.4. The number of hydrogen-bond acceptors (Lipinski definition) is 6. The standard InChI is InChI=1S/C17H22N6O/c1-22(2)15-11-13(6-9-18-15)16(24)21-14-5-3-10-23(12-14)17-19-7-4-8-20-17/h4,6-9,11,14H,3,5,10,12H2,1-2H3,(H,21,24)/t14-/m1/s1. The SMILES string of the molecule is CN(C)c1cc(C(=O)N[C@@H]2CCCN(c3ncccn3)C2)ccn1. The van der Waals surface area contributed by atoms with Crippen molar-refractivity contribution in [2.75, 3.05) is 37.0 Å². The van der Waals surface area contributed by atoms with E-state index in [0.29, 0.717) is 5.56 Å². The van der Waals surface area contributed by atoms with Gasteiger partial charge in [-0.2, -0.15) is 0 Å². The van der Waals surface area contributed by atoms with E-state index >= 15 is 0 Å². The second-order valence-electron chi connectivity index (χ2n) is 6.10. The lowest BCUT2D eigenvalue weighted by molar-refractivity contribution is 0.0933. The predicted molar refractivity (Wildman–Crippen MR) is 93.3 cm³/mol. The summed E-state index contributed by atoms with van der Waals surface area (Å²) in [6.45, 7) is 1.64.